The molecule has 0 fully saturated rings. The van der Waals surface area contributed by atoms with Crippen molar-refractivity contribution in [2.45, 2.75) is 30.3 Å². The number of alkyl halides is 3. The van der Waals surface area contributed by atoms with Crippen LogP contribution in [-0.2, 0) is 6.42 Å². The van der Waals surface area contributed by atoms with E-state index >= 15 is 0 Å². The summed E-state index contributed by atoms with van der Waals surface area (Å²) in [4.78, 5) is 8.00. The summed E-state index contributed by atoms with van der Waals surface area (Å²) in [6.45, 7) is 0. The molecule has 0 aliphatic heterocycles. The summed E-state index contributed by atoms with van der Waals surface area (Å²) >= 11 is 1.27. The molecule has 0 spiro atoms. The number of rotatable bonds is 1. The number of hydrogen-bond acceptors (Lipinski definition) is 4. The normalized spacial score (nSPS) is 24.5. The van der Waals surface area contributed by atoms with E-state index in [-0.39, 0.29) is 12.8 Å². The van der Waals surface area contributed by atoms with Crippen LogP contribution in [-0.4, -0.2) is 27.5 Å². The number of thioether (sulfide) groups is 1. The van der Waals surface area contributed by atoms with Crippen molar-refractivity contribution in [2.24, 2.45) is 5.92 Å². The van der Waals surface area contributed by atoms with Gasteiger partial charge < -0.3 is 5.11 Å². The molecule has 3 nitrogen and oxygen atoms in total. The van der Waals surface area contributed by atoms with Crippen molar-refractivity contribution in [3.63, 3.8) is 0 Å². The van der Waals surface area contributed by atoms with Crippen molar-refractivity contribution in [2.75, 3.05) is 6.26 Å². The molecule has 17 heavy (non-hydrogen) atoms. The maximum Gasteiger partial charge on any atom is 0.392 e. The van der Waals surface area contributed by atoms with Gasteiger partial charge in [-0.15, -0.1) is 0 Å². The topological polar surface area (TPSA) is 46.0 Å². The second-order valence-electron chi connectivity index (χ2n) is 3.95. The highest BCUT2D eigenvalue weighted by Gasteiger charge is 2.44. The van der Waals surface area contributed by atoms with Crippen molar-refractivity contribution < 1.29 is 18.3 Å². The summed E-state index contributed by atoms with van der Waals surface area (Å²) in [5.74, 6) is -1.52. The molecule has 0 amide bonds. The molecular weight excluding hydrogens is 253 g/mol. The van der Waals surface area contributed by atoms with E-state index in [1.807, 2.05) is 0 Å². The molecule has 1 heterocycles. The number of aliphatic hydroxyl groups excluding tert-OH is 1. The zero-order chi connectivity index (χ0) is 12.6. The fourth-order valence-corrected chi connectivity index (χ4v) is 2.27. The number of fused-ring (bicyclic) bond motifs is 1. The molecule has 2 unspecified atom stereocenters. The minimum absolute atomic E-state index is 0.175. The number of nitrogens with zero attached hydrogens (tertiary/aromatic N) is 2. The predicted molar refractivity (Wildman–Crippen MR) is 56.6 cm³/mol. The highest BCUT2D eigenvalue weighted by atomic mass is 32.2. The molecule has 1 aromatic heterocycles. The first-order valence-electron chi connectivity index (χ1n) is 5.06. The van der Waals surface area contributed by atoms with E-state index < -0.39 is 18.2 Å². The van der Waals surface area contributed by atoms with Crippen LogP contribution in [0.2, 0.25) is 0 Å². The van der Waals surface area contributed by atoms with Gasteiger partial charge in [-0.2, -0.15) is 13.2 Å². The average molecular weight is 264 g/mol. The Hall–Kier alpha value is -0.820. The molecule has 1 N–H and O–H groups in total. The second kappa shape index (κ2) is 4.45. The SMILES string of the molecule is CSc1ncc2c(n1)CC(C(F)(F)F)CC2O. The lowest BCUT2D eigenvalue weighted by Gasteiger charge is -2.29. The van der Waals surface area contributed by atoms with E-state index in [0.29, 0.717) is 16.4 Å². The first kappa shape index (κ1) is 12.6. The summed E-state index contributed by atoms with van der Waals surface area (Å²) < 4.78 is 37.9. The maximum absolute atomic E-state index is 12.6. The van der Waals surface area contributed by atoms with Crippen molar-refractivity contribution in [3.8, 4) is 0 Å². The Balaban J connectivity index is 2.34. The second-order valence-corrected chi connectivity index (χ2v) is 4.73. The van der Waals surface area contributed by atoms with Crippen LogP contribution in [0.3, 0.4) is 0 Å². The van der Waals surface area contributed by atoms with Gasteiger partial charge in [-0.25, -0.2) is 9.97 Å². The third-order valence-corrected chi connectivity index (χ3v) is 3.39. The van der Waals surface area contributed by atoms with E-state index in [2.05, 4.69) is 9.97 Å². The van der Waals surface area contributed by atoms with Crippen molar-refractivity contribution in [1.29, 1.82) is 0 Å². The molecule has 0 radical (unpaired) electrons. The molecule has 2 rings (SSSR count). The standard InChI is InChI=1S/C10H11F3N2OS/c1-17-9-14-4-6-7(15-9)2-5(3-8(6)16)10(11,12)13/h4-5,8,16H,2-3H2,1H3. The first-order valence-corrected chi connectivity index (χ1v) is 6.29. The molecule has 0 saturated heterocycles. The summed E-state index contributed by atoms with van der Waals surface area (Å²) in [5, 5.41) is 10.1. The van der Waals surface area contributed by atoms with Crippen LogP contribution >= 0.6 is 11.8 Å². The summed E-state index contributed by atoms with van der Waals surface area (Å²) in [5.41, 5.74) is 0.730. The van der Waals surface area contributed by atoms with Gasteiger partial charge in [0.1, 0.15) is 0 Å². The van der Waals surface area contributed by atoms with Crippen LogP contribution in [0.4, 0.5) is 13.2 Å². The van der Waals surface area contributed by atoms with Crippen molar-refractivity contribution >= 4 is 11.8 Å². The molecular formula is C10H11F3N2OS. The zero-order valence-corrected chi connectivity index (χ0v) is 9.85. The zero-order valence-electron chi connectivity index (χ0n) is 9.03. The minimum Gasteiger partial charge on any atom is -0.388 e. The average Bonchev–Trinajstić information content (AvgIpc) is 2.27. The monoisotopic (exact) mass is 264 g/mol. The fraction of sp³-hybridized carbons (Fsp3) is 0.600. The molecule has 1 aromatic rings. The third kappa shape index (κ3) is 2.55. The lowest BCUT2D eigenvalue weighted by atomic mass is 9.85. The molecule has 1 aliphatic carbocycles. The Morgan fingerprint density at radius 3 is 2.76 bits per heavy atom. The van der Waals surface area contributed by atoms with Gasteiger partial charge in [-0.1, -0.05) is 11.8 Å². The van der Waals surface area contributed by atoms with Gasteiger partial charge in [-0.3, -0.25) is 0 Å². The van der Waals surface area contributed by atoms with Gasteiger partial charge in [0.05, 0.1) is 17.7 Å². The largest absolute Gasteiger partial charge is 0.392 e. The molecule has 0 saturated carbocycles. The number of halogens is 3. The highest BCUT2D eigenvalue weighted by molar-refractivity contribution is 7.98. The fourth-order valence-electron chi connectivity index (χ4n) is 1.91. The first-order chi connectivity index (χ1) is 7.91. The summed E-state index contributed by atoms with van der Waals surface area (Å²) in [6, 6.07) is 0. The van der Waals surface area contributed by atoms with Gasteiger partial charge in [-0.05, 0) is 12.7 Å². The van der Waals surface area contributed by atoms with Crippen LogP contribution in [0.1, 0.15) is 23.8 Å². The van der Waals surface area contributed by atoms with E-state index in [0.717, 1.165) is 0 Å². The van der Waals surface area contributed by atoms with E-state index in [1.165, 1.54) is 18.0 Å². The Morgan fingerprint density at radius 2 is 2.18 bits per heavy atom. The van der Waals surface area contributed by atoms with Crippen LogP contribution in [0.25, 0.3) is 0 Å². The Labute approximate surface area is 100 Å². The third-order valence-electron chi connectivity index (χ3n) is 2.83. The van der Waals surface area contributed by atoms with Gasteiger partial charge in [0.25, 0.3) is 0 Å². The number of hydrogen-bond donors (Lipinski definition) is 1. The lowest BCUT2D eigenvalue weighted by molar-refractivity contribution is -0.184. The Morgan fingerprint density at radius 1 is 1.47 bits per heavy atom. The Bertz CT molecular complexity index is 425. The molecule has 94 valence electrons. The van der Waals surface area contributed by atoms with Crippen molar-refractivity contribution in [3.05, 3.63) is 17.5 Å². The van der Waals surface area contributed by atoms with Gasteiger partial charge in [0.2, 0.25) is 0 Å². The summed E-state index contributed by atoms with van der Waals surface area (Å²) in [6.07, 6.45) is -2.72. The quantitative estimate of drug-likeness (QED) is 0.625. The lowest BCUT2D eigenvalue weighted by Crippen LogP contribution is -2.31. The predicted octanol–water partition coefficient (Wildman–Crippen LogP) is 2.36. The maximum atomic E-state index is 12.6. The van der Waals surface area contributed by atoms with Crippen LogP contribution in [0, 0.1) is 5.92 Å². The highest BCUT2D eigenvalue weighted by Crippen LogP contribution is 2.40. The molecule has 2 atom stereocenters. The Kier molecular flexibility index (Phi) is 3.31. The number of aromatic nitrogens is 2. The molecule has 7 heteroatoms. The van der Waals surface area contributed by atoms with Crippen LogP contribution in [0.5, 0.6) is 0 Å². The smallest absolute Gasteiger partial charge is 0.388 e. The van der Waals surface area contributed by atoms with E-state index in [4.69, 9.17) is 0 Å². The molecule has 1 aliphatic rings. The molecule has 0 bridgehead atoms. The summed E-state index contributed by atoms with van der Waals surface area (Å²) in [7, 11) is 0. The van der Waals surface area contributed by atoms with Crippen molar-refractivity contribution in [1.82, 2.24) is 9.97 Å². The number of aliphatic hydroxyl groups is 1. The van der Waals surface area contributed by atoms with Gasteiger partial charge in [0, 0.05) is 18.2 Å². The molecule has 0 aromatic carbocycles. The van der Waals surface area contributed by atoms with Crippen LogP contribution < -0.4 is 0 Å². The minimum atomic E-state index is -4.29. The van der Waals surface area contributed by atoms with Crippen LogP contribution in [0.15, 0.2) is 11.4 Å². The van der Waals surface area contributed by atoms with Gasteiger partial charge >= 0.3 is 6.18 Å². The van der Waals surface area contributed by atoms with Gasteiger partial charge in [0.15, 0.2) is 5.16 Å². The van der Waals surface area contributed by atoms with E-state index in [1.54, 1.807) is 6.26 Å². The van der Waals surface area contributed by atoms with E-state index in [9.17, 15) is 18.3 Å².